The number of hydrogen-bond donors (Lipinski definition) is 2. The molecular formula is C21H12ClN3O5. The highest BCUT2D eigenvalue weighted by atomic mass is 35.5. The number of ether oxygens (including phenoxy) is 1. The minimum atomic E-state index is -0.577. The maximum atomic E-state index is 12.7. The summed E-state index contributed by atoms with van der Waals surface area (Å²) >= 11 is 6.32. The number of benzene rings is 3. The van der Waals surface area contributed by atoms with E-state index in [1.807, 2.05) is 6.07 Å². The minimum absolute atomic E-state index is 0.138. The molecule has 0 aliphatic carbocycles. The molecule has 0 unspecified atom stereocenters. The predicted molar refractivity (Wildman–Crippen MR) is 111 cm³/mol. The van der Waals surface area contributed by atoms with Crippen molar-refractivity contribution in [3.63, 3.8) is 0 Å². The lowest BCUT2D eigenvalue weighted by molar-refractivity contribution is -0.384. The van der Waals surface area contributed by atoms with Gasteiger partial charge in [-0.1, -0.05) is 11.6 Å². The molecule has 0 fully saturated rings. The molecule has 8 nitrogen and oxygen atoms in total. The number of nitro benzene ring substituents is 1. The summed E-state index contributed by atoms with van der Waals surface area (Å²) in [6, 6.07) is 11.0. The van der Waals surface area contributed by atoms with Crippen molar-refractivity contribution in [2.75, 3.05) is 7.11 Å². The standard InChI is InChI=1S/C21H12ClN3O5/c1-30-10-3-5-15-13(7-10)17-16(23-15)8-12(18-19(17)21(27)24-20(18)26)11-6-9(25(28)29)2-4-14(11)22/h2-8,23H,1H3,(H,24,26,27). The number of nitro groups is 1. The molecule has 0 radical (unpaired) electrons. The van der Waals surface area contributed by atoms with E-state index in [1.54, 1.807) is 25.3 Å². The van der Waals surface area contributed by atoms with E-state index in [-0.39, 0.29) is 21.8 Å². The van der Waals surface area contributed by atoms with Gasteiger partial charge in [0.2, 0.25) is 0 Å². The highest BCUT2D eigenvalue weighted by Crippen LogP contribution is 2.42. The van der Waals surface area contributed by atoms with Crippen LogP contribution in [0.3, 0.4) is 0 Å². The van der Waals surface area contributed by atoms with Crippen molar-refractivity contribution >= 4 is 50.9 Å². The summed E-state index contributed by atoms with van der Waals surface area (Å²) in [6.45, 7) is 0. The first kappa shape index (κ1) is 18.1. The summed E-state index contributed by atoms with van der Waals surface area (Å²) in [5, 5.41) is 15.1. The van der Waals surface area contributed by atoms with E-state index in [9.17, 15) is 19.7 Å². The van der Waals surface area contributed by atoms with Gasteiger partial charge < -0.3 is 9.72 Å². The van der Waals surface area contributed by atoms with Crippen LogP contribution in [0.2, 0.25) is 5.02 Å². The van der Waals surface area contributed by atoms with Crippen LogP contribution >= 0.6 is 11.6 Å². The number of halogens is 1. The van der Waals surface area contributed by atoms with Crippen molar-refractivity contribution in [2.45, 2.75) is 0 Å². The molecule has 0 atom stereocenters. The topological polar surface area (TPSA) is 114 Å². The van der Waals surface area contributed by atoms with Crippen LogP contribution in [0.1, 0.15) is 20.7 Å². The van der Waals surface area contributed by atoms with Crippen LogP contribution in [0.5, 0.6) is 5.75 Å². The number of H-pyrrole nitrogens is 1. The fraction of sp³-hybridized carbons (Fsp3) is 0.0476. The summed E-state index contributed by atoms with van der Waals surface area (Å²) in [7, 11) is 1.54. The molecule has 2 amide bonds. The summed E-state index contributed by atoms with van der Waals surface area (Å²) in [6.07, 6.45) is 0. The SMILES string of the molecule is COc1ccc2[nH]c3cc(-c4cc([N+](=O)[O-])ccc4Cl)c4c(c3c2c1)C(=O)NC4=O. The van der Waals surface area contributed by atoms with E-state index in [1.165, 1.54) is 18.2 Å². The number of fused-ring (bicyclic) bond motifs is 5. The van der Waals surface area contributed by atoms with Gasteiger partial charge in [0.05, 0.1) is 23.2 Å². The monoisotopic (exact) mass is 421 g/mol. The van der Waals surface area contributed by atoms with Gasteiger partial charge in [0.25, 0.3) is 17.5 Å². The van der Waals surface area contributed by atoms with Crippen molar-refractivity contribution in [1.82, 2.24) is 10.3 Å². The average Bonchev–Trinajstić information content (AvgIpc) is 3.23. The lowest BCUT2D eigenvalue weighted by Crippen LogP contribution is -2.20. The molecule has 2 N–H and O–H groups in total. The van der Waals surface area contributed by atoms with Gasteiger partial charge in [-0.05, 0) is 35.9 Å². The van der Waals surface area contributed by atoms with Gasteiger partial charge in [0.1, 0.15) is 5.75 Å². The van der Waals surface area contributed by atoms with Crippen molar-refractivity contribution in [3.05, 3.63) is 68.7 Å². The Morgan fingerprint density at radius 3 is 2.47 bits per heavy atom. The Labute approximate surface area is 173 Å². The van der Waals surface area contributed by atoms with E-state index in [2.05, 4.69) is 10.3 Å². The number of hydrogen-bond acceptors (Lipinski definition) is 5. The third-order valence-electron chi connectivity index (χ3n) is 5.22. The molecule has 1 aromatic heterocycles. The van der Waals surface area contributed by atoms with Crippen LogP contribution in [-0.2, 0) is 0 Å². The van der Waals surface area contributed by atoms with Crippen molar-refractivity contribution in [2.24, 2.45) is 0 Å². The molecule has 9 heteroatoms. The highest BCUT2D eigenvalue weighted by molar-refractivity contribution is 6.36. The van der Waals surface area contributed by atoms with Crippen LogP contribution in [0.15, 0.2) is 42.5 Å². The first-order valence-corrected chi connectivity index (χ1v) is 9.23. The molecule has 0 saturated carbocycles. The molecule has 0 saturated heterocycles. The van der Waals surface area contributed by atoms with Gasteiger partial charge >= 0.3 is 0 Å². The molecule has 2 heterocycles. The molecule has 0 spiro atoms. The lowest BCUT2D eigenvalue weighted by Gasteiger charge is -2.10. The number of carbonyl (C=O) groups excluding carboxylic acids is 2. The van der Waals surface area contributed by atoms with Gasteiger partial charge in [-0.15, -0.1) is 0 Å². The zero-order valence-corrected chi connectivity index (χ0v) is 16.2. The first-order valence-electron chi connectivity index (χ1n) is 8.85. The summed E-state index contributed by atoms with van der Waals surface area (Å²) in [4.78, 5) is 39.3. The van der Waals surface area contributed by atoms with Crippen LogP contribution in [0.25, 0.3) is 32.9 Å². The largest absolute Gasteiger partial charge is 0.497 e. The molecule has 5 rings (SSSR count). The number of carbonyl (C=O) groups is 2. The molecule has 1 aliphatic rings. The van der Waals surface area contributed by atoms with Crippen LogP contribution in [0, 0.1) is 10.1 Å². The lowest BCUT2D eigenvalue weighted by atomic mass is 9.92. The fourth-order valence-electron chi connectivity index (χ4n) is 3.91. The van der Waals surface area contributed by atoms with Crippen molar-refractivity contribution in [1.29, 1.82) is 0 Å². The number of methoxy groups -OCH3 is 1. The van der Waals surface area contributed by atoms with E-state index >= 15 is 0 Å². The number of nitrogens with one attached hydrogen (secondary N) is 2. The van der Waals surface area contributed by atoms with Gasteiger partial charge in [0.15, 0.2) is 0 Å². The fourth-order valence-corrected chi connectivity index (χ4v) is 4.13. The summed E-state index contributed by atoms with van der Waals surface area (Å²) in [5.41, 5.74) is 2.16. The van der Waals surface area contributed by atoms with Crippen molar-refractivity contribution < 1.29 is 19.2 Å². The zero-order chi connectivity index (χ0) is 21.2. The maximum Gasteiger partial charge on any atom is 0.270 e. The number of nitrogens with zero attached hydrogens (tertiary/aromatic N) is 1. The number of aromatic amines is 1. The Kier molecular flexibility index (Phi) is 3.81. The Hall–Kier alpha value is -3.91. The quantitative estimate of drug-likeness (QED) is 0.288. The summed E-state index contributed by atoms with van der Waals surface area (Å²) < 4.78 is 5.29. The number of rotatable bonds is 3. The van der Waals surface area contributed by atoms with Crippen LogP contribution in [0.4, 0.5) is 5.69 Å². The Morgan fingerprint density at radius 2 is 1.73 bits per heavy atom. The second-order valence-corrected chi connectivity index (χ2v) is 7.24. The van der Waals surface area contributed by atoms with Crippen molar-refractivity contribution in [3.8, 4) is 16.9 Å². The van der Waals surface area contributed by atoms with E-state index < -0.39 is 16.7 Å². The number of aromatic nitrogens is 1. The first-order chi connectivity index (χ1) is 14.4. The molecule has 30 heavy (non-hydrogen) atoms. The number of amides is 2. The third-order valence-corrected chi connectivity index (χ3v) is 5.55. The molecule has 4 aromatic rings. The Balaban J connectivity index is 1.92. The minimum Gasteiger partial charge on any atom is -0.497 e. The molecular weight excluding hydrogens is 410 g/mol. The van der Waals surface area contributed by atoms with Gasteiger partial charge in [-0.2, -0.15) is 0 Å². The second-order valence-electron chi connectivity index (χ2n) is 6.84. The molecule has 0 bridgehead atoms. The maximum absolute atomic E-state index is 12.7. The smallest absolute Gasteiger partial charge is 0.270 e. The van der Waals surface area contributed by atoms with Gasteiger partial charge in [-0.3, -0.25) is 25.0 Å². The Morgan fingerprint density at radius 1 is 0.967 bits per heavy atom. The van der Waals surface area contributed by atoms with E-state index in [0.717, 1.165) is 10.9 Å². The third kappa shape index (κ3) is 2.47. The van der Waals surface area contributed by atoms with Gasteiger partial charge in [-0.25, -0.2) is 0 Å². The molecule has 148 valence electrons. The molecule has 3 aromatic carbocycles. The Bertz CT molecular complexity index is 1440. The molecule has 1 aliphatic heterocycles. The average molecular weight is 422 g/mol. The normalized spacial score (nSPS) is 13.0. The summed E-state index contributed by atoms with van der Waals surface area (Å²) in [5.74, 6) is -0.508. The van der Waals surface area contributed by atoms with Crippen LogP contribution in [-0.4, -0.2) is 28.8 Å². The van der Waals surface area contributed by atoms with E-state index in [4.69, 9.17) is 16.3 Å². The predicted octanol–water partition coefficient (Wildman–Crippen LogP) is 4.44. The second kappa shape index (κ2) is 6.30. The zero-order valence-electron chi connectivity index (χ0n) is 15.4. The number of imide groups is 1. The van der Waals surface area contributed by atoms with Crippen LogP contribution < -0.4 is 10.1 Å². The number of non-ortho nitro benzene ring substituents is 1. The highest BCUT2D eigenvalue weighted by Gasteiger charge is 2.34. The van der Waals surface area contributed by atoms with E-state index in [0.29, 0.717) is 27.8 Å². The van der Waals surface area contributed by atoms with Gasteiger partial charge in [0, 0.05) is 44.5 Å².